The van der Waals surface area contributed by atoms with Gasteiger partial charge in [-0.05, 0) is 12.1 Å². The number of aliphatic hydroxyl groups excluding tert-OH is 1. The number of aromatic nitrogens is 5. The van der Waals surface area contributed by atoms with Crippen molar-refractivity contribution in [2.24, 2.45) is 0 Å². The monoisotopic (exact) mass is 393 g/mol. The second kappa shape index (κ2) is 9.38. The first kappa shape index (κ1) is 19.9. The van der Waals surface area contributed by atoms with Crippen LogP contribution in [0.2, 0.25) is 0 Å². The molecule has 1 N–H and O–H groups in total. The topological polar surface area (TPSA) is 87.2 Å². The molecule has 0 aliphatic carbocycles. The van der Waals surface area contributed by atoms with Gasteiger partial charge in [-0.25, -0.2) is 18.4 Å². The van der Waals surface area contributed by atoms with Gasteiger partial charge in [0.15, 0.2) is 5.82 Å². The number of rotatable bonds is 10. The summed E-state index contributed by atoms with van der Waals surface area (Å²) in [6.07, 6.45) is 1.14. The molecule has 10 heteroatoms. The first-order chi connectivity index (χ1) is 13.6. The molecule has 2 aromatic heterocycles. The highest BCUT2D eigenvalue weighted by molar-refractivity contribution is 5.53. The average molecular weight is 393 g/mol. The van der Waals surface area contributed by atoms with Crippen molar-refractivity contribution in [1.82, 2.24) is 24.5 Å². The van der Waals surface area contributed by atoms with Gasteiger partial charge in [-0.2, -0.15) is 5.10 Å². The summed E-state index contributed by atoms with van der Waals surface area (Å²) in [5.74, 6) is 1.66. The van der Waals surface area contributed by atoms with Crippen LogP contribution in [0.1, 0.15) is 5.82 Å². The van der Waals surface area contributed by atoms with E-state index in [1.54, 1.807) is 34.9 Å². The van der Waals surface area contributed by atoms with Gasteiger partial charge in [-0.15, -0.1) is 5.10 Å². The van der Waals surface area contributed by atoms with Crippen molar-refractivity contribution in [3.8, 4) is 22.8 Å². The molecule has 0 radical (unpaired) electrons. The molecule has 0 aliphatic heterocycles. The van der Waals surface area contributed by atoms with Gasteiger partial charge in [0, 0.05) is 18.7 Å². The summed E-state index contributed by atoms with van der Waals surface area (Å²) in [5.41, 5.74) is 1.41. The van der Waals surface area contributed by atoms with Crippen LogP contribution in [0.15, 0.2) is 36.7 Å². The summed E-state index contributed by atoms with van der Waals surface area (Å²) in [5, 5.41) is 17.7. The molecule has 3 rings (SSSR count). The fourth-order valence-corrected chi connectivity index (χ4v) is 2.62. The zero-order valence-electron chi connectivity index (χ0n) is 15.3. The number of halogens is 2. The van der Waals surface area contributed by atoms with Crippen LogP contribution in [0.5, 0.6) is 5.75 Å². The summed E-state index contributed by atoms with van der Waals surface area (Å²) >= 11 is 0. The van der Waals surface area contributed by atoms with Crippen LogP contribution in [0.3, 0.4) is 0 Å². The minimum absolute atomic E-state index is 0.0282. The van der Waals surface area contributed by atoms with E-state index >= 15 is 0 Å². The summed E-state index contributed by atoms with van der Waals surface area (Å²) in [7, 11) is 1.57. The molecule has 0 saturated heterocycles. The quantitative estimate of drug-likeness (QED) is 0.530. The maximum Gasteiger partial charge on any atom is 0.261 e. The number of hydrogen-bond acceptors (Lipinski definition) is 6. The Balaban J connectivity index is 1.89. The van der Waals surface area contributed by atoms with Gasteiger partial charge in [-0.3, -0.25) is 4.68 Å². The number of benzene rings is 1. The zero-order chi connectivity index (χ0) is 19.9. The SMILES string of the molecule is COc1cccc(-n2nc(-c3cnn(CCO)c3)nc2CCOCC(F)F)c1. The van der Waals surface area contributed by atoms with Gasteiger partial charge in [0.2, 0.25) is 0 Å². The highest BCUT2D eigenvalue weighted by atomic mass is 19.3. The standard InChI is InChI=1S/C18H21F2N5O3/c1-27-15-4-2-3-14(9-15)25-17(5-8-28-12-16(19)20)22-18(23-25)13-10-21-24(11-13)6-7-26/h2-4,9-11,16,26H,5-8,12H2,1H3. The van der Waals surface area contributed by atoms with E-state index in [1.807, 2.05) is 18.2 Å². The Labute approximate surface area is 160 Å². The molecule has 0 unspecified atom stereocenters. The van der Waals surface area contributed by atoms with Crippen molar-refractivity contribution in [3.63, 3.8) is 0 Å². The average Bonchev–Trinajstić information content (AvgIpc) is 3.32. The molecule has 2 heterocycles. The number of methoxy groups -OCH3 is 1. The predicted molar refractivity (Wildman–Crippen MR) is 96.7 cm³/mol. The molecule has 28 heavy (non-hydrogen) atoms. The van der Waals surface area contributed by atoms with Crippen LogP contribution in [-0.2, 0) is 17.7 Å². The first-order valence-electron chi connectivity index (χ1n) is 8.70. The third-order valence-electron chi connectivity index (χ3n) is 3.91. The number of aliphatic hydroxyl groups is 1. The van der Waals surface area contributed by atoms with E-state index in [4.69, 9.17) is 14.6 Å². The maximum absolute atomic E-state index is 12.3. The van der Waals surface area contributed by atoms with Gasteiger partial charge in [-0.1, -0.05) is 6.07 Å². The van der Waals surface area contributed by atoms with Crippen LogP contribution in [0.4, 0.5) is 8.78 Å². The van der Waals surface area contributed by atoms with E-state index in [2.05, 4.69) is 15.2 Å². The molecule has 0 aliphatic rings. The smallest absolute Gasteiger partial charge is 0.261 e. The Morgan fingerprint density at radius 3 is 2.89 bits per heavy atom. The summed E-state index contributed by atoms with van der Waals surface area (Å²) < 4.78 is 38.0. The van der Waals surface area contributed by atoms with Crippen molar-refractivity contribution in [2.75, 3.05) is 26.9 Å². The van der Waals surface area contributed by atoms with E-state index < -0.39 is 13.0 Å². The number of ether oxygens (including phenoxy) is 2. The second-order valence-corrected chi connectivity index (χ2v) is 5.90. The molecule has 0 atom stereocenters. The molecule has 1 aromatic carbocycles. The lowest BCUT2D eigenvalue weighted by Crippen LogP contribution is -2.10. The third-order valence-corrected chi connectivity index (χ3v) is 3.91. The lowest BCUT2D eigenvalue weighted by Gasteiger charge is -2.08. The summed E-state index contributed by atoms with van der Waals surface area (Å²) in [6.45, 7) is -0.186. The highest BCUT2D eigenvalue weighted by Gasteiger charge is 2.15. The third kappa shape index (κ3) is 4.90. The summed E-state index contributed by atoms with van der Waals surface area (Å²) in [6, 6.07) is 7.29. The Morgan fingerprint density at radius 1 is 1.29 bits per heavy atom. The fraction of sp³-hybridized carbons (Fsp3) is 0.389. The normalized spacial score (nSPS) is 11.3. The van der Waals surface area contributed by atoms with E-state index in [0.717, 1.165) is 5.69 Å². The van der Waals surface area contributed by atoms with Gasteiger partial charge in [0.05, 0.1) is 44.3 Å². The molecule has 3 aromatic rings. The van der Waals surface area contributed by atoms with Crippen LogP contribution in [-0.4, -0.2) is 63.0 Å². The summed E-state index contributed by atoms with van der Waals surface area (Å²) in [4.78, 5) is 4.53. The Kier molecular flexibility index (Phi) is 6.66. The van der Waals surface area contributed by atoms with E-state index in [-0.39, 0.29) is 13.2 Å². The Hall–Kier alpha value is -2.85. The van der Waals surface area contributed by atoms with E-state index in [1.165, 1.54) is 0 Å². The van der Waals surface area contributed by atoms with Gasteiger partial charge in [0.25, 0.3) is 6.43 Å². The van der Waals surface area contributed by atoms with Gasteiger partial charge in [0.1, 0.15) is 18.2 Å². The van der Waals surface area contributed by atoms with Gasteiger partial charge < -0.3 is 14.6 Å². The van der Waals surface area contributed by atoms with E-state index in [0.29, 0.717) is 35.9 Å². The highest BCUT2D eigenvalue weighted by Crippen LogP contribution is 2.21. The Morgan fingerprint density at radius 2 is 2.14 bits per heavy atom. The van der Waals surface area contributed by atoms with Crippen molar-refractivity contribution < 1.29 is 23.4 Å². The number of hydrogen-bond donors (Lipinski definition) is 1. The Bertz CT molecular complexity index is 897. The van der Waals surface area contributed by atoms with Crippen molar-refractivity contribution in [3.05, 3.63) is 42.5 Å². The number of alkyl halides is 2. The predicted octanol–water partition coefficient (Wildman–Crippen LogP) is 1.96. The number of nitrogens with zero attached hydrogens (tertiary/aromatic N) is 5. The minimum atomic E-state index is -2.51. The second-order valence-electron chi connectivity index (χ2n) is 5.90. The molecule has 0 spiro atoms. The van der Waals surface area contributed by atoms with Crippen LogP contribution in [0, 0.1) is 0 Å². The molecule has 8 nitrogen and oxygen atoms in total. The lowest BCUT2D eigenvalue weighted by molar-refractivity contribution is 0.0182. The molecule has 0 amide bonds. The molecule has 0 bridgehead atoms. The van der Waals surface area contributed by atoms with Crippen LogP contribution < -0.4 is 4.74 Å². The zero-order valence-corrected chi connectivity index (χ0v) is 15.3. The van der Waals surface area contributed by atoms with Gasteiger partial charge >= 0.3 is 0 Å². The fourth-order valence-electron chi connectivity index (χ4n) is 2.62. The van der Waals surface area contributed by atoms with Crippen LogP contribution >= 0.6 is 0 Å². The first-order valence-corrected chi connectivity index (χ1v) is 8.70. The maximum atomic E-state index is 12.3. The van der Waals surface area contributed by atoms with Crippen molar-refractivity contribution in [1.29, 1.82) is 0 Å². The molecule has 0 fully saturated rings. The minimum Gasteiger partial charge on any atom is -0.497 e. The molecule has 0 saturated carbocycles. The lowest BCUT2D eigenvalue weighted by atomic mass is 10.3. The molecule has 150 valence electrons. The largest absolute Gasteiger partial charge is 0.497 e. The van der Waals surface area contributed by atoms with Crippen molar-refractivity contribution >= 4 is 0 Å². The van der Waals surface area contributed by atoms with Crippen molar-refractivity contribution in [2.45, 2.75) is 19.4 Å². The van der Waals surface area contributed by atoms with Crippen LogP contribution in [0.25, 0.3) is 17.1 Å². The van der Waals surface area contributed by atoms with E-state index in [9.17, 15) is 8.78 Å². The molecular weight excluding hydrogens is 372 g/mol. The molecular formula is C18H21F2N5O3.